The van der Waals surface area contributed by atoms with Crippen molar-refractivity contribution in [3.8, 4) is 0 Å². The summed E-state index contributed by atoms with van der Waals surface area (Å²) in [6, 6.07) is 0. The van der Waals surface area contributed by atoms with Crippen molar-refractivity contribution in [2.24, 2.45) is 0 Å². The number of hydrogen-bond donors (Lipinski definition) is 1. The van der Waals surface area contributed by atoms with Crippen LogP contribution in [0.4, 0.5) is 0 Å². The van der Waals surface area contributed by atoms with E-state index in [4.69, 9.17) is 5.11 Å². The molecule has 0 aromatic heterocycles. The van der Waals surface area contributed by atoms with Crippen LogP contribution >= 0.6 is 0 Å². The second-order valence-corrected chi connectivity index (χ2v) is 1.06. The van der Waals surface area contributed by atoms with E-state index in [2.05, 4.69) is 9.78 Å². The summed E-state index contributed by atoms with van der Waals surface area (Å²) in [7, 11) is 0. The summed E-state index contributed by atoms with van der Waals surface area (Å²) in [4.78, 5) is 7.90. The van der Waals surface area contributed by atoms with Crippen LogP contribution < -0.4 is 0 Å². The maximum absolute atomic E-state index is 8.19. The molecular formula is C2H4CoHfO3. The molecule has 0 aromatic carbocycles. The molecule has 0 unspecified atom stereocenters. The molecule has 0 aliphatic carbocycles. The molecule has 1 N–H and O–H groups in total. The summed E-state index contributed by atoms with van der Waals surface area (Å²) in [6.45, 7) is 1.41. The number of aliphatic hydroxyl groups is 1. The van der Waals surface area contributed by atoms with E-state index in [1.165, 1.54) is 6.92 Å². The largest absolute Gasteiger partial charge is 0.340 e. The van der Waals surface area contributed by atoms with Gasteiger partial charge >= 0.3 is 5.97 Å². The standard InChI is InChI=1S/C2H4O3.Co.Hf/c1-2(3)4-5-2;;/h3H,1H3;;. The van der Waals surface area contributed by atoms with E-state index in [9.17, 15) is 0 Å². The normalized spacial score (nSPS) is 21.4. The molecule has 1 rings (SSSR count). The van der Waals surface area contributed by atoms with E-state index >= 15 is 0 Å². The molecule has 43 valence electrons. The van der Waals surface area contributed by atoms with E-state index < -0.39 is 5.97 Å². The first-order valence-corrected chi connectivity index (χ1v) is 1.30. The van der Waals surface area contributed by atoms with Gasteiger partial charge in [-0.15, -0.1) is 0 Å². The topological polar surface area (TPSA) is 45.3 Å². The first-order chi connectivity index (χ1) is 2.21. The zero-order chi connectivity index (χ0) is 3.91. The van der Waals surface area contributed by atoms with Crippen LogP contribution in [0.25, 0.3) is 0 Å². The fraction of sp³-hybridized carbons (Fsp3) is 1.00. The quantitative estimate of drug-likeness (QED) is 0.376. The molecule has 0 aromatic rings. The molecular weight excluding hydrogens is 309 g/mol. The van der Waals surface area contributed by atoms with Gasteiger partial charge in [0, 0.05) is 49.5 Å². The van der Waals surface area contributed by atoms with Crippen molar-refractivity contribution in [1.82, 2.24) is 0 Å². The minimum Gasteiger partial charge on any atom is -0.340 e. The summed E-state index contributed by atoms with van der Waals surface area (Å²) in [5, 5.41) is 8.19. The molecule has 1 aliphatic heterocycles. The van der Waals surface area contributed by atoms with E-state index in [0.29, 0.717) is 0 Å². The minimum absolute atomic E-state index is 0. The van der Waals surface area contributed by atoms with E-state index in [-0.39, 0.29) is 42.6 Å². The van der Waals surface area contributed by atoms with Crippen LogP contribution in [-0.2, 0) is 52.4 Å². The Labute approximate surface area is 70.3 Å². The summed E-state index contributed by atoms with van der Waals surface area (Å²) < 4.78 is 0. The van der Waals surface area contributed by atoms with Gasteiger partial charge < -0.3 is 5.11 Å². The molecule has 3 nitrogen and oxygen atoms in total. The molecule has 1 fully saturated rings. The molecule has 1 radical (unpaired) electrons. The van der Waals surface area contributed by atoms with Crippen LogP contribution in [0.1, 0.15) is 6.92 Å². The van der Waals surface area contributed by atoms with E-state index in [0.717, 1.165) is 0 Å². The molecule has 1 aliphatic rings. The Morgan fingerprint density at radius 2 is 1.57 bits per heavy atom. The molecule has 0 bridgehead atoms. The minimum atomic E-state index is -1.25. The second kappa shape index (κ2) is 3.32. The molecule has 0 atom stereocenters. The molecule has 0 saturated carbocycles. The summed E-state index contributed by atoms with van der Waals surface area (Å²) in [5.41, 5.74) is 0. The van der Waals surface area contributed by atoms with E-state index in [1.807, 2.05) is 0 Å². The van der Waals surface area contributed by atoms with Gasteiger partial charge in [-0.1, -0.05) is 0 Å². The first-order valence-electron chi connectivity index (χ1n) is 1.30. The van der Waals surface area contributed by atoms with Crippen molar-refractivity contribution < 1.29 is 57.5 Å². The van der Waals surface area contributed by atoms with Crippen LogP contribution in [0.15, 0.2) is 0 Å². The SMILES string of the molecule is CC1(O)OO1.[Co].[Hf]. The number of rotatable bonds is 0. The van der Waals surface area contributed by atoms with Crippen LogP contribution in [0.5, 0.6) is 0 Å². The Hall–Kier alpha value is 1.26. The molecule has 7 heavy (non-hydrogen) atoms. The Morgan fingerprint density at radius 1 is 1.43 bits per heavy atom. The van der Waals surface area contributed by atoms with Crippen molar-refractivity contribution in [3.05, 3.63) is 0 Å². The summed E-state index contributed by atoms with van der Waals surface area (Å²) in [6.07, 6.45) is 0. The van der Waals surface area contributed by atoms with Gasteiger partial charge in [-0.25, -0.2) is 0 Å². The number of hydrogen-bond acceptors (Lipinski definition) is 3. The van der Waals surface area contributed by atoms with Crippen LogP contribution in [0, 0.1) is 0 Å². The molecule has 1 saturated heterocycles. The maximum Gasteiger partial charge on any atom is 0.334 e. The Kier molecular flexibility index (Phi) is 5.26. The third-order valence-corrected chi connectivity index (χ3v) is 0.325. The zero-order valence-corrected chi connectivity index (χ0v) is 8.23. The molecule has 0 spiro atoms. The van der Waals surface area contributed by atoms with Crippen LogP contribution in [-0.4, -0.2) is 11.1 Å². The predicted molar refractivity (Wildman–Crippen MR) is 12.8 cm³/mol. The first kappa shape index (κ1) is 11.1. The van der Waals surface area contributed by atoms with Gasteiger partial charge in [0.1, 0.15) is 0 Å². The van der Waals surface area contributed by atoms with E-state index in [1.54, 1.807) is 0 Å². The molecule has 5 heteroatoms. The van der Waals surface area contributed by atoms with Crippen LogP contribution in [0.3, 0.4) is 0 Å². The average molecular weight is 313 g/mol. The van der Waals surface area contributed by atoms with Crippen LogP contribution in [0.2, 0.25) is 0 Å². The second-order valence-electron chi connectivity index (χ2n) is 1.06. The Morgan fingerprint density at radius 3 is 1.57 bits per heavy atom. The average Bonchev–Trinajstić information content (AvgIpc) is 1.76. The predicted octanol–water partition coefficient (Wildman–Crippen LogP) is -0.391. The van der Waals surface area contributed by atoms with Crippen molar-refractivity contribution in [1.29, 1.82) is 0 Å². The van der Waals surface area contributed by atoms with Gasteiger partial charge in [0.2, 0.25) is 0 Å². The molecule has 1 heterocycles. The van der Waals surface area contributed by atoms with Crippen molar-refractivity contribution in [2.45, 2.75) is 12.9 Å². The Bertz CT molecular complexity index is 50.9. The van der Waals surface area contributed by atoms with Crippen molar-refractivity contribution >= 4 is 0 Å². The Balaban J connectivity index is 0. The maximum atomic E-state index is 8.19. The van der Waals surface area contributed by atoms with Gasteiger partial charge in [0.05, 0.1) is 0 Å². The van der Waals surface area contributed by atoms with Gasteiger partial charge in [-0.3, -0.25) is 0 Å². The smallest absolute Gasteiger partial charge is 0.334 e. The third kappa shape index (κ3) is 5.12. The molecule has 0 amide bonds. The summed E-state index contributed by atoms with van der Waals surface area (Å²) in [5.74, 6) is -1.25. The fourth-order valence-corrected chi connectivity index (χ4v) is 0.0603. The third-order valence-electron chi connectivity index (χ3n) is 0.325. The fourth-order valence-electron chi connectivity index (χ4n) is 0.0603. The van der Waals surface area contributed by atoms with Crippen molar-refractivity contribution in [3.63, 3.8) is 0 Å². The van der Waals surface area contributed by atoms with Crippen molar-refractivity contribution in [2.75, 3.05) is 0 Å². The monoisotopic (exact) mass is 315 g/mol. The van der Waals surface area contributed by atoms with Gasteiger partial charge in [-0.2, -0.15) is 9.78 Å². The van der Waals surface area contributed by atoms with Gasteiger partial charge in [0.25, 0.3) is 0 Å². The van der Waals surface area contributed by atoms with Gasteiger partial charge in [-0.05, 0) is 0 Å². The van der Waals surface area contributed by atoms with Gasteiger partial charge in [0.15, 0.2) is 0 Å². The zero-order valence-electron chi connectivity index (χ0n) is 3.60. The summed E-state index contributed by atoms with van der Waals surface area (Å²) >= 11 is 0.